The van der Waals surface area contributed by atoms with E-state index < -0.39 is 0 Å². The van der Waals surface area contributed by atoms with Crippen LogP contribution in [0.3, 0.4) is 0 Å². The van der Waals surface area contributed by atoms with Crippen LogP contribution in [0.25, 0.3) is 11.0 Å². The maximum atomic E-state index is 9.08. The van der Waals surface area contributed by atoms with Gasteiger partial charge in [0.2, 0.25) is 5.95 Å². The molecule has 3 aromatic rings. The van der Waals surface area contributed by atoms with Gasteiger partial charge in [0.15, 0.2) is 0 Å². The van der Waals surface area contributed by atoms with Gasteiger partial charge in [0.25, 0.3) is 0 Å². The topological polar surface area (TPSA) is 76.9 Å². The first kappa shape index (κ1) is 11.8. The lowest BCUT2D eigenvalue weighted by Gasteiger charge is -2.14. The number of nitriles is 1. The van der Waals surface area contributed by atoms with Crippen molar-refractivity contribution in [2.24, 2.45) is 0 Å². The summed E-state index contributed by atoms with van der Waals surface area (Å²) in [5, 5.41) is 9.08. The number of nitrogens with zero attached hydrogens (tertiary/aromatic N) is 3. The Balaban J connectivity index is 1.95. The van der Waals surface area contributed by atoms with Gasteiger partial charge in [-0.1, -0.05) is 18.2 Å². The molecule has 2 N–H and O–H groups in total. The molecule has 0 fully saturated rings. The maximum Gasteiger partial charge on any atom is 0.201 e. The summed E-state index contributed by atoms with van der Waals surface area (Å²) < 4.78 is 7.67. The predicted octanol–water partition coefficient (Wildman–Crippen LogP) is 2.47. The number of nitrogens with two attached hydrogens (primary N) is 1. The van der Waals surface area contributed by atoms with Crippen molar-refractivity contribution in [2.75, 3.05) is 12.3 Å². The zero-order chi connectivity index (χ0) is 14.4. The zero-order valence-corrected chi connectivity index (χ0v) is 11.2. The summed E-state index contributed by atoms with van der Waals surface area (Å²) >= 11 is 0. The van der Waals surface area contributed by atoms with Crippen molar-refractivity contribution < 1.29 is 4.74 Å². The van der Waals surface area contributed by atoms with E-state index in [-0.39, 0.29) is 6.04 Å². The summed E-state index contributed by atoms with van der Waals surface area (Å²) in [4.78, 5) is 4.38. The molecule has 0 amide bonds. The fourth-order valence-electron chi connectivity index (χ4n) is 2.87. The molecule has 1 atom stereocenters. The molecule has 1 aliphatic heterocycles. The number of anilines is 1. The molecule has 0 bridgehead atoms. The molecule has 5 nitrogen and oxygen atoms in total. The van der Waals surface area contributed by atoms with Gasteiger partial charge in [-0.15, -0.1) is 0 Å². The van der Waals surface area contributed by atoms with Crippen LogP contribution in [0.5, 0.6) is 5.75 Å². The van der Waals surface area contributed by atoms with E-state index >= 15 is 0 Å². The van der Waals surface area contributed by atoms with Gasteiger partial charge in [0.05, 0.1) is 28.7 Å². The van der Waals surface area contributed by atoms with Crippen LogP contribution in [0.2, 0.25) is 0 Å². The summed E-state index contributed by atoms with van der Waals surface area (Å²) in [7, 11) is 0. The van der Waals surface area contributed by atoms with E-state index in [2.05, 4.69) is 11.1 Å². The first-order valence-corrected chi connectivity index (χ1v) is 6.67. The molecule has 2 aromatic carbocycles. The molecule has 102 valence electrons. The molecule has 1 aromatic heterocycles. The second-order valence-corrected chi connectivity index (χ2v) is 5.02. The van der Waals surface area contributed by atoms with Gasteiger partial charge in [-0.05, 0) is 24.3 Å². The fraction of sp³-hybridized carbons (Fsp3) is 0.125. The second kappa shape index (κ2) is 4.25. The van der Waals surface area contributed by atoms with Gasteiger partial charge in [-0.3, -0.25) is 4.57 Å². The van der Waals surface area contributed by atoms with E-state index in [4.69, 9.17) is 15.7 Å². The number of hydrogen-bond acceptors (Lipinski definition) is 4. The number of hydrogen-bond donors (Lipinski definition) is 1. The van der Waals surface area contributed by atoms with E-state index in [0.717, 1.165) is 22.3 Å². The van der Waals surface area contributed by atoms with E-state index in [9.17, 15) is 0 Å². The quantitative estimate of drug-likeness (QED) is 0.740. The molecular weight excluding hydrogens is 264 g/mol. The average Bonchev–Trinajstić information content (AvgIpc) is 3.06. The minimum absolute atomic E-state index is 0.0138. The van der Waals surface area contributed by atoms with Crippen molar-refractivity contribution in [1.82, 2.24) is 9.55 Å². The molecule has 2 heterocycles. The molecule has 0 radical (unpaired) electrons. The Bertz CT molecular complexity index is 891. The highest BCUT2D eigenvalue weighted by Crippen LogP contribution is 2.37. The van der Waals surface area contributed by atoms with Gasteiger partial charge in [-0.25, -0.2) is 4.98 Å². The lowest BCUT2D eigenvalue weighted by atomic mass is 10.1. The lowest BCUT2D eigenvalue weighted by molar-refractivity contribution is 0.320. The van der Waals surface area contributed by atoms with Gasteiger partial charge in [0, 0.05) is 5.56 Å². The van der Waals surface area contributed by atoms with Gasteiger partial charge >= 0.3 is 0 Å². The van der Waals surface area contributed by atoms with Gasteiger partial charge < -0.3 is 10.5 Å². The third kappa shape index (κ3) is 1.66. The molecule has 0 spiro atoms. The van der Waals surface area contributed by atoms with E-state index in [1.165, 1.54) is 0 Å². The first-order chi connectivity index (χ1) is 10.3. The number of aromatic nitrogens is 2. The molecule has 21 heavy (non-hydrogen) atoms. The third-order valence-corrected chi connectivity index (χ3v) is 3.83. The number of nitrogen functional groups attached to an aromatic ring is 1. The van der Waals surface area contributed by atoms with Crippen molar-refractivity contribution in [2.45, 2.75) is 6.04 Å². The zero-order valence-electron chi connectivity index (χ0n) is 11.2. The molecule has 0 aliphatic carbocycles. The highest BCUT2D eigenvalue weighted by molar-refractivity contribution is 5.80. The monoisotopic (exact) mass is 276 g/mol. The number of fused-ring (bicyclic) bond motifs is 2. The molecule has 1 aliphatic rings. The number of imidazole rings is 1. The Hall–Kier alpha value is -3.00. The number of rotatable bonds is 1. The smallest absolute Gasteiger partial charge is 0.201 e. The molecular formula is C16H12N4O. The van der Waals surface area contributed by atoms with Crippen LogP contribution in [0.4, 0.5) is 5.95 Å². The van der Waals surface area contributed by atoms with Gasteiger partial charge in [0.1, 0.15) is 12.4 Å². The number of ether oxygens (including phenoxy) is 1. The lowest BCUT2D eigenvalue weighted by Crippen LogP contribution is -2.14. The predicted molar refractivity (Wildman–Crippen MR) is 78.9 cm³/mol. The summed E-state index contributed by atoms with van der Waals surface area (Å²) in [5.41, 5.74) is 9.42. The van der Waals surface area contributed by atoms with Crippen molar-refractivity contribution in [1.29, 1.82) is 5.26 Å². The van der Waals surface area contributed by atoms with E-state index in [1.807, 2.05) is 41.0 Å². The summed E-state index contributed by atoms with van der Waals surface area (Å²) in [6, 6.07) is 15.4. The second-order valence-electron chi connectivity index (χ2n) is 5.02. The normalized spacial score (nSPS) is 16.4. The van der Waals surface area contributed by atoms with E-state index in [0.29, 0.717) is 18.1 Å². The maximum absolute atomic E-state index is 9.08. The number of para-hydroxylation sites is 1. The molecule has 0 saturated carbocycles. The fourth-order valence-corrected chi connectivity index (χ4v) is 2.87. The van der Waals surface area contributed by atoms with Crippen LogP contribution in [0, 0.1) is 11.3 Å². The van der Waals surface area contributed by atoms with Crippen LogP contribution < -0.4 is 10.5 Å². The highest BCUT2D eigenvalue weighted by atomic mass is 16.5. The Morgan fingerprint density at radius 3 is 3.00 bits per heavy atom. The van der Waals surface area contributed by atoms with Crippen LogP contribution in [-0.2, 0) is 0 Å². The number of benzene rings is 2. The van der Waals surface area contributed by atoms with Crippen molar-refractivity contribution in [3.8, 4) is 11.8 Å². The summed E-state index contributed by atoms with van der Waals surface area (Å²) in [5.74, 6) is 1.31. The van der Waals surface area contributed by atoms with Gasteiger partial charge in [-0.2, -0.15) is 5.26 Å². The molecule has 0 saturated heterocycles. The average molecular weight is 276 g/mol. The van der Waals surface area contributed by atoms with Crippen molar-refractivity contribution >= 4 is 17.0 Å². The van der Waals surface area contributed by atoms with Crippen LogP contribution in [-0.4, -0.2) is 16.2 Å². The summed E-state index contributed by atoms with van der Waals surface area (Å²) in [6.45, 7) is 0.520. The minimum atomic E-state index is -0.0138. The molecule has 4 rings (SSSR count). The standard InChI is InChI=1S/C16H12N4O/c17-8-10-5-6-12-13(7-10)20(16(18)19-12)14-9-21-15-4-2-1-3-11(14)15/h1-7,14H,9H2,(H2,18,19). The van der Waals surface area contributed by atoms with Crippen LogP contribution in [0.1, 0.15) is 17.2 Å². The van der Waals surface area contributed by atoms with Crippen molar-refractivity contribution in [3.05, 3.63) is 53.6 Å². The first-order valence-electron chi connectivity index (χ1n) is 6.67. The molecule has 1 unspecified atom stereocenters. The van der Waals surface area contributed by atoms with Crippen LogP contribution in [0.15, 0.2) is 42.5 Å². The Kier molecular flexibility index (Phi) is 2.39. The largest absolute Gasteiger partial charge is 0.491 e. The molecule has 5 heteroatoms. The Morgan fingerprint density at radius 2 is 2.14 bits per heavy atom. The van der Waals surface area contributed by atoms with Crippen LogP contribution >= 0.6 is 0 Å². The Labute approximate surface area is 121 Å². The highest BCUT2D eigenvalue weighted by Gasteiger charge is 2.28. The third-order valence-electron chi connectivity index (χ3n) is 3.83. The van der Waals surface area contributed by atoms with E-state index in [1.54, 1.807) is 6.07 Å². The SMILES string of the molecule is N#Cc1ccc2nc(N)n(C3COc4ccccc43)c2c1. The Morgan fingerprint density at radius 1 is 1.29 bits per heavy atom. The minimum Gasteiger partial charge on any atom is -0.491 e. The summed E-state index contributed by atoms with van der Waals surface area (Å²) in [6.07, 6.45) is 0. The van der Waals surface area contributed by atoms with Crippen molar-refractivity contribution in [3.63, 3.8) is 0 Å².